The Morgan fingerprint density at radius 1 is 1.20 bits per heavy atom. The minimum absolute atomic E-state index is 0.0588. The summed E-state index contributed by atoms with van der Waals surface area (Å²) < 4.78 is 41.6. The summed E-state index contributed by atoms with van der Waals surface area (Å²) in [5.41, 5.74) is 0. The molecule has 0 saturated carbocycles. The quantitative estimate of drug-likeness (QED) is 0.812. The molecule has 5 nitrogen and oxygen atoms in total. The second-order valence-electron chi connectivity index (χ2n) is 4.69. The first-order valence-electron chi connectivity index (χ1n) is 6.45. The monoisotopic (exact) mass is 297 g/mol. The number of ether oxygens (including phenoxy) is 1. The van der Waals surface area contributed by atoms with E-state index in [1.807, 2.05) is 0 Å². The first-order valence-corrected chi connectivity index (χ1v) is 6.45. The number of nitrogens with zero attached hydrogens (tertiary/aromatic N) is 1. The van der Waals surface area contributed by atoms with Gasteiger partial charge in [0.15, 0.2) is 0 Å². The third-order valence-corrected chi connectivity index (χ3v) is 3.14. The molecule has 0 aromatic heterocycles. The highest BCUT2D eigenvalue weighted by Gasteiger charge is 2.31. The van der Waals surface area contributed by atoms with Crippen molar-refractivity contribution in [2.45, 2.75) is 44.3 Å². The molecule has 8 heteroatoms. The largest absolute Gasteiger partial charge is 0.481 e. The molecule has 0 atom stereocenters. The molecule has 1 aliphatic heterocycles. The lowest BCUT2D eigenvalue weighted by Gasteiger charge is -2.34. The van der Waals surface area contributed by atoms with E-state index in [4.69, 9.17) is 9.84 Å². The van der Waals surface area contributed by atoms with E-state index in [9.17, 15) is 22.8 Å². The SMILES string of the molecule is O=C(O)CCN(C(=O)CCC(F)(F)F)C1CCOCC1. The highest BCUT2D eigenvalue weighted by molar-refractivity contribution is 5.77. The van der Waals surface area contributed by atoms with Gasteiger partial charge in [0.2, 0.25) is 5.91 Å². The smallest absolute Gasteiger partial charge is 0.389 e. The number of alkyl halides is 3. The molecule has 1 amide bonds. The zero-order valence-electron chi connectivity index (χ0n) is 11.0. The normalized spacial score (nSPS) is 16.9. The van der Waals surface area contributed by atoms with Crippen LogP contribution < -0.4 is 0 Å². The molecule has 20 heavy (non-hydrogen) atoms. The molecule has 0 aliphatic carbocycles. The number of carboxylic acid groups (broad SMARTS) is 1. The minimum Gasteiger partial charge on any atom is -0.481 e. The van der Waals surface area contributed by atoms with Gasteiger partial charge in [-0.05, 0) is 12.8 Å². The maximum Gasteiger partial charge on any atom is 0.389 e. The number of carbonyl (C=O) groups is 2. The van der Waals surface area contributed by atoms with Crippen LogP contribution in [0.25, 0.3) is 0 Å². The van der Waals surface area contributed by atoms with Crippen molar-refractivity contribution < 1.29 is 32.6 Å². The number of hydrogen-bond donors (Lipinski definition) is 1. The highest BCUT2D eigenvalue weighted by atomic mass is 19.4. The Balaban J connectivity index is 2.59. The van der Waals surface area contributed by atoms with Gasteiger partial charge in [-0.1, -0.05) is 0 Å². The van der Waals surface area contributed by atoms with Crippen molar-refractivity contribution in [3.63, 3.8) is 0 Å². The number of carbonyl (C=O) groups excluding carboxylic acids is 1. The third-order valence-electron chi connectivity index (χ3n) is 3.14. The Morgan fingerprint density at radius 2 is 1.80 bits per heavy atom. The van der Waals surface area contributed by atoms with Gasteiger partial charge in [0, 0.05) is 32.2 Å². The Kier molecular flexibility index (Phi) is 6.25. The summed E-state index contributed by atoms with van der Waals surface area (Å²) in [4.78, 5) is 23.7. The Bertz CT molecular complexity index is 340. The topological polar surface area (TPSA) is 66.8 Å². The van der Waals surface area contributed by atoms with Crippen LogP contribution in [0.5, 0.6) is 0 Å². The van der Waals surface area contributed by atoms with Gasteiger partial charge in [0.05, 0.1) is 12.8 Å². The van der Waals surface area contributed by atoms with Gasteiger partial charge in [-0.15, -0.1) is 0 Å². The molecule has 1 rings (SSSR count). The summed E-state index contributed by atoms with van der Waals surface area (Å²) in [6.07, 6.45) is -5.42. The average molecular weight is 297 g/mol. The number of carboxylic acids is 1. The Morgan fingerprint density at radius 3 is 2.30 bits per heavy atom. The van der Waals surface area contributed by atoms with Crippen LogP contribution in [0.15, 0.2) is 0 Å². The van der Waals surface area contributed by atoms with Gasteiger partial charge in [-0.25, -0.2) is 0 Å². The van der Waals surface area contributed by atoms with Crippen molar-refractivity contribution in [3.8, 4) is 0 Å². The fourth-order valence-corrected chi connectivity index (χ4v) is 2.12. The lowest BCUT2D eigenvalue weighted by atomic mass is 10.1. The lowest BCUT2D eigenvalue weighted by Crippen LogP contribution is -2.44. The third kappa shape index (κ3) is 6.23. The maximum atomic E-state index is 12.2. The molecule has 0 unspecified atom stereocenters. The van der Waals surface area contributed by atoms with E-state index in [0.29, 0.717) is 26.1 Å². The van der Waals surface area contributed by atoms with E-state index in [-0.39, 0.29) is 19.0 Å². The number of aliphatic carboxylic acids is 1. The summed E-state index contributed by atoms with van der Waals surface area (Å²) in [5.74, 6) is -1.72. The van der Waals surface area contributed by atoms with Crippen LogP contribution in [-0.4, -0.2) is 53.9 Å². The average Bonchev–Trinajstić information content (AvgIpc) is 2.36. The van der Waals surface area contributed by atoms with Gasteiger partial charge < -0.3 is 14.7 Å². The van der Waals surface area contributed by atoms with Crippen molar-refractivity contribution in [2.75, 3.05) is 19.8 Å². The van der Waals surface area contributed by atoms with E-state index in [1.54, 1.807) is 0 Å². The van der Waals surface area contributed by atoms with E-state index in [1.165, 1.54) is 4.90 Å². The zero-order valence-corrected chi connectivity index (χ0v) is 11.0. The predicted octanol–water partition coefficient (Wildman–Crippen LogP) is 1.81. The van der Waals surface area contributed by atoms with Gasteiger partial charge in [0.25, 0.3) is 0 Å². The van der Waals surface area contributed by atoms with E-state index < -0.39 is 30.9 Å². The Labute approximate surface area is 114 Å². The molecule has 0 spiro atoms. The molecule has 0 radical (unpaired) electrons. The summed E-state index contributed by atoms with van der Waals surface area (Å²) >= 11 is 0. The highest BCUT2D eigenvalue weighted by Crippen LogP contribution is 2.23. The van der Waals surface area contributed by atoms with Crippen molar-refractivity contribution in [1.29, 1.82) is 0 Å². The van der Waals surface area contributed by atoms with Crippen LogP contribution in [-0.2, 0) is 14.3 Å². The van der Waals surface area contributed by atoms with E-state index in [2.05, 4.69) is 0 Å². The van der Waals surface area contributed by atoms with E-state index >= 15 is 0 Å². The molecule has 1 aliphatic rings. The predicted molar refractivity (Wildman–Crippen MR) is 63.1 cm³/mol. The van der Waals surface area contributed by atoms with Crippen molar-refractivity contribution in [3.05, 3.63) is 0 Å². The zero-order chi connectivity index (χ0) is 15.2. The molecular weight excluding hydrogens is 279 g/mol. The standard InChI is InChI=1S/C12H18F3NO4/c13-12(14,15)5-1-10(17)16(6-2-11(18)19)9-3-7-20-8-4-9/h9H,1-8H2,(H,18,19). The molecule has 1 fully saturated rings. The van der Waals surface area contributed by atoms with Crippen LogP contribution in [0, 0.1) is 0 Å². The molecule has 1 heterocycles. The lowest BCUT2D eigenvalue weighted by molar-refractivity contribution is -0.152. The number of hydrogen-bond acceptors (Lipinski definition) is 3. The van der Waals surface area contributed by atoms with E-state index in [0.717, 1.165) is 0 Å². The van der Waals surface area contributed by atoms with Gasteiger partial charge >= 0.3 is 12.1 Å². The summed E-state index contributed by atoms with van der Waals surface area (Å²) in [6.45, 7) is 0.804. The summed E-state index contributed by atoms with van der Waals surface area (Å²) in [5, 5.41) is 8.66. The summed E-state index contributed by atoms with van der Waals surface area (Å²) in [6, 6.07) is -0.233. The van der Waals surface area contributed by atoms with Crippen molar-refractivity contribution in [2.24, 2.45) is 0 Å². The number of halogens is 3. The van der Waals surface area contributed by atoms with Crippen molar-refractivity contribution >= 4 is 11.9 Å². The molecular formula is C12H18F3NO4. The van der Waals surface area contributed by atoms with Crippen LogP contribution in [0.1, 0.15) is 32.1 Å². The molecule has 0 aromatic rings. The fraction of sp³-hybridized carbons (Fsp3) is 0.833. The molecule has 1 N–H and O–H groups in total. The molecule has 0 aromatic carbocycles. The van der Waals surface area contributed by atoms with Crippen LogP contribution in [0.2, 0.25) is 0 Å². The Hall–Kier alpha value is -1.31. The maximum absolute atomic E-state index is 12.2. The van der Waals surface area contributed by atoms with Gasteiger partial charge in [-0.3, -0.25) is 9.59 Å². The summed E-state index contributed by atoms with van der Waals surface area (Å²) in [7, 11) is 0. The number of amides is 1. The van der Waals surface area contributed by atoms with Gasteiger partial charge in [0.1, 0.15) is 0 Å². The first kappa shape index (κ1) is 16.7. The molecule has 1 saturated heterocycles. The van der Waals surface area contributed by atoms with Crippen molar-refractivity contribution in [1.82, 2.24) is 4.90 Å². The molecule has 116 valence electrons. The van der Waals surface area contributed by atoms with Crippen LogP contribution >= 0.6 is 0 Å². The minimum atomic E-state index is -4.39. The second kappa shape index (κ2) is 7.47. The second-order valence-corrected chi connectivity index (χ2v) is 4.69. The van der Waals surface area contributed by atoms with Crippen LogP contribution in [0.3, 0.4) is 0 Å². The van der Waals surface area contributed by atoms with Crippen LogP contribution in [0.4, 0.5) is 13.2 Å². The first-order chi connectivity index (χ1) is 9.29. The molecule has 0 bridgehead atoms. The van der Waals surface area contributed by atoms with Gasteiger partial charge in [-0.2, -0.15) is 13.2 Å². The fourth-order valence-electron chi connectivity index (χ4n) is 2.12. The number of rotatable bonds is 6.